The first kappa shape index (κ1) is 18.5. The molecule has 0 aliphatic carbocycles. The molecule has 0 N–H and O–H groups in total. The average Bonchev–Trinajstić information content (AvgIpc) is 2.54. The number of sulfonamides is 1. The molecule has 0 radical (unpaired) electrons. The number of methoxy groups -OCH3 is 2. The normalized spacial score (nSPS) is 11.6. The van der Waals surface area contributed by atoms with Gasteiger partial charge in [-0.3, -0.25) is 0 Å². The lowest BCUT2D eigenvalue weighted by Crippen LogP contribution is -2.26. The van der Waals surface area contributed by atoms with Gasteiger partial charge in [0.25, 0.3) is 0 Å². The molecule has 0 heterocycles. The van der Waals surface area contributed by atoms with E-state index in [1.807, 2.05) is 0 Å². The van der Waals surface area contributed by atoms with Crippen molar-refractivity contribution in [3.63, 3.8) is 0 Å². The molecule has 8 heteroatoms. The molecule has 0 unspecified atom stereocenters. The third-order valence-corrected chi connectivity index (χ3v) is 5.50. The maximum Gasteiger partial charge on any atom is 0.243 e. The Morgan fingerprint density at radius 2 is 1.71 bits per heavy atom. The smallest absolute Gasteiger partial charge is 0.243 e. The summed E-state index contributed by atoms with van der Waals surface area (Å²) in [5.74, 6) is -0.247. The highest BCUT2D eigenvalue weighted by molar-refractivity contribution is 7.89. The van der Waals surface area contributed by atoms with Gasteiger partial charge < -0.3 is 9.47 Å². The summed E-state index contributed by atoms with van der Waals surface area (Å²) in [5, 5.41) is 0.465. The summed E-state index contributed by atoms with van der Waals surface area (Å²) < 4.78 is 50.1. The molecule has 0 saturated heterocycles. The van der Waals surface area contributed by atoms with Crippen LogP contribution in [-0.4, -0.2) is 34.0 Å². The Hall–Kier alpha value is -1.83. The molecule has 0 atom stereocenters. The molecule has 2 rings (SSSR count). The van der Waals surface area contributed by atoms with Gasteiger partial charge in [0.1, 0.15) is 5.75 Å². The van der Waals surface area contributed by atoms with Crippen molar-refractivity contribution in [3.8, 4) is 11.5 Å². The van der Waals surface area contributed by atoms with Crippen LogP contribution < -0.4 is 9.47 Å². The number of hydrogen-bond donors (Lipinski definition) is 0. The zero-order valence-corrected chi connectivity index (χ0v) is 15.0. The molecule has 0 fully saturated rings. The van der Waals surface area contributed by atoms with Crippen molar-refractivity contribution in [2.45, 2.75) is 11.4 Å². The summed E-state index contributed by atoms with van der Waals surface area (Å²) in [6, 6.07) is 8.43. The summed E-state index contributed by atoms with van der Waals surface area (Å²) in [7, 11) is 0.313. The Bertz CT molecular complexity index is 842. The van der Waals surface area contributed by atoms with Gasteiger partial charge in [-0.05, 0) is 36.4 Å². The first-order valence-corrected chi connectivity index (χ1v) is 8.73. The fraction of sp³-hybridized carbons (Fsp3) is 0.250. The molecule has 5 nitrogen and oxygen atoms in total. The molecule has 0 bridgehead atoms. The SMILES string of the molecule is COc1ccc(S(=O)(=O)N(C)Cc2cc(Cl)ccc2OC)cc1F. The molecule has 0 aliphatic rings. The molecular weight excluding hydrogens is 357 g/mol. The van der Waals surface area contributed by atoms with E-state index in [-0.39, 0.29) is 17.2 Å². The molecule has 24 heavy (non-hydrogen) atoms. The second-order valence-corrected chi connectivity index (χ2v) is 7.49. The highest BCUT2D eigenvalue weighted by Gasteiger charge is 2.23. The largest absolute Gasteiger partial charge is 0.496 e. The van der Waals surface area contributed by atoms with Crippen molar-refractivity contribution >= 4 is 21.6 Å². The monoisotopic (exact) mass is 373 g/mol. The lowest BCUT2D eigenvalue weighted by molar-refractivity contribution is 0.385. The van der Waals surface area contributed by atoms with Crippen LogP contribution in [0.4, 0.5) is 4.39 Å². The molecule has 0 saturated carbocycles. The van der Waals surface area contributed by atoms with Gasteiger partial charge in [-0.1, -0.05) is 11.6 Å². The minimum Gasteiger partial charge on any atom is -0.496 e. The lowest BCUT2D eigenvalue weighted by Gasteiger charge is -2.19. The van der Waals surface area contributed by atoms with Gasteiger partial charge in [-0.25, -0.2) is 12.8 Å². The van der Waals surface area contributed by atoms with Crippen molar-refractivity contribution < 1.29 is 22.3 Å². The molecule has 2 aromatic carbocycles. The molecule has 130 valence electrons. The highest BCUT2D eigenvalue weighted by Crippen LogP contribution is 2.27. The topological polar surface area (TPSA) is 55.8 Å². The van der Waals surface area contributed by atoms with E-state index >= 15 is 0 Å². The van der Waals surface area contributed by atoms with E-state index in [0.717, 1.165) is 10.4 Å². The van der Waals surface area contributed by atoms with E-state index in [2.05, 4.69) is 0 Å². The van der Waals surface area contributed by atoms with Crippen LogP contribution in [0.2, 0.25) is 5.02 Å². The number of halogens is 2. The maximum absolute atomic E-state index is 13.8. The third-order valence-electron chi connectivity index (χ3n) is 3.47. The van der Waals surface area contributed by atoms with E-state index in [0.29, 0.717) is 16.3 Å². The predicted octanol–water partition coefficient (Wildman–Crippen LogP) is 3.32. The highest BCUT2D eigenvalue weighted by atomic mass is 35.5. The zero-order chi connectivity index (χ0) is 17.9. The second kappa shape index (κ2) is 7.38. The Morgan fingerprint density at radius 3 is 2.29 bits per heavy atom. The van der Waals surface area contributed by atoms with Gasteiger partial charge in [0.2, 0.25) is 10.0 Å². The fourth-order valence-electron chi connectivity index (χ4n) is 2.18. The third kappa shape index (κ3) is 3.80. The van der Waals surface area contributed by atoms with Gasteiger partial charge in [-0.2, -0.15) is 4.31 Å². The van der Waals surface area contributed by atoms with E-state index in [9.17, 15) is 12.8 Å². The molecule has 0 aromatic heterocycles. The van der Waals surface area contributed by atoms with E-state index in [1.54, 1.807) is 18.2 Å². The summed E-state index contributed by atoms with van der Waals surface area (Å²) in [5.41, 5.74) is 0.602. The van der Waals surface area contributed by atoms with Gasteiger partial charge in [0.15, 0.2) is 11.6 Å². The number of rotatable bonds is 6. The van der Waals surface area contributed by atoms with Crippen LogP contribution >= 0.6 is 11.6 Å². The first-order valence-electron chi connectivity index (χ1n) is 6.92. The van der Waals surface area contributed by atoms with E-state index in [1.165, 1.54) is 33.4 Å². The quantitative estimate of drug-likeness (QED) is 0.779. The minimum atomic E-state index is -3.88. The number of nitrogens with zero attached hydrogens (tertiary/aromatic N) is 1. The van der Waals surface area contributed by atoms with Gasteiger partial charge in [0.05, 0.1) is 19.1 Å². The van der Waals surface area contributed by atoms with Crippen molar-refractivity contribution in [1.29, 1.82) is 0 Å². The van der Waals surface area contributed by atoms with Gasteiger partial charge in [-0.15, -0.1) is 0 Å². The summed E-state index contributed by atoms with van der Waals surface area (Å²) in [6.45, 7) is 0.0275. The van der Waals surface area contributed by atoms with Crippen molar-refractivity contribution in [2.75, 3.05) is 21.3 Å². The van der Waals surface area contributed by atoms with Crippen LogP contribution in [0.3, 0.4) is 0 Å². The zero-order valence-electron chi connectivity index (χ0n) is 13.4. The van der Waals surface area contributed by atoms with Crippen LogP contribution in [0.25, 0.3) is 0 Å². The standard InChI is InChI=1S/C16H17ClFNO4S/c1-19(10-11-8-12(17)4-6-15(11)22-2)24(20,21)13-5-7-16(23-3)14(18)9-13/h4-9H,10H2,1-3H3. The molecular formula is C16H17ClFNO4S. The Balaban J connectivity index is 2.33. The van der Waals surface area contributed by atoms with E-state index < -0.39 is 15.8 Å². The first-order chi connectivity index (χ1) is 11.3. The maximum atomic E-state index is 13.8. The molecule has 0 amide bonds. The molecule has 0 spiro atoms. The van der Waals surface area contributed by atoms with Crippen molar-refractivity contribution in [2.24, 2.45) is 0 Å². The fourth-order valence-corrected chi connectivity index (χ4v) is 3.54. The van der Waals surface area contributed by atoms with Crippen molar-refractivity contribution in [1.82, 2.24) is 4.31 Å². The van der Waals surface area contributed by atoms with Crippen LogP contribution in [0.15, 0.2) is 41.3 Å². The molecule has 2 aromatic rings. The number of ether oxygens (including phenoxy) is 2. The average molecular weight is 374 g/mol. The second-order valence-electron chi connectivity index (χ2n) is 5.01. The van der Waals surface area contributed by atoms with Crippen LogP contribution in [0.5, 0.6) is 11.5 Å². The van der Waals surface area contributed by atoms with Crippen LogP contribution in [-0.2, 0) is 16.6 Å². The lowest BCUT2D eigenvalue weighted by atomic mass is 10.2. The van der Waals surface area contributed by atoms with Crippen LogP contribution in [0.1, 0.15) is 5.56 Å². The Kier molecular flexibility index (Phi) is 5.69. The summed E-state index contributed by atoms with van der Waals surface area (Å²) in [4.78, 5) is -0.163. The Labute approximate surface area is 145 Å². The summed E-state index contributed by atoms with van der Waals surface area (Å²) in [6.07, 6.45) is 0. The van der Waals surface area contributed by atoms with Gasteiger partial charge >= 0.3 is 0 Å². The number of benzene rings is 2. The Morgan fingerprint density at radius 1 is 1.08 bits per heavy atom. The van der Waals surface area contributed by atoms with Gasteiger partial charge in [0, 0.05) is 24.2 Å². The van der Waals surface area contributed by atoms with Crippen molar-refractivity contribution in [3.05, 3.63) is 52.8 Å². The number of hydrogen-bond acceptors (Lipinski definition) is 4. The molecule has 0 aliphatic heterocycles. The summed E-state index contributed by atoms with van der Waals surface area (Å²) >= 11 is 5.96. The minimum absolute atomic E-state index is 0.0203. The van der Waals surface area contributed by atoms with Crippen LogP contribution in [0, 0.1) is 5.82 Å². The van der Waals surface area contributed by atoms with E-state index in [4.69, 9.17) is 21.1 Å². The predicted molar refractivity (Wildman–Crippen MR) is 89.6 cm³/mol.